The van der Waals surface area contributed by atoms with E-state index >= 15 is 0 Å². The number of benzene rings is 2. The van der Waals surface area contributed by atoms with E-state index < -0.39 is 0 Å². The second kappa shape index (κ2) is 9.53. The second-order valence-corrected chi connectivity index (χ2v) is 10.2. The Bertz CT molecular complexity index is 1410. The maximum Gasteiger partial charge on any atom is 0.332 e. The molecule has 0 spiro atoms. The molecule has 3 aromatic rings. The Kier molecular flexibility index (Phi) is 6.44. The zero-order valence-electron chi connectivity index (χ0n) is 19.8. The van der Waals surface area contributed by atoms with Crippen LogP contribution in [0.4, 0.5) is 0 Å². The molecule has 0 N–H and O–H groups in total. The topological polar surface area (TPSA) is 82.8 Å². The van der Waals surface area contributed by atoms with Crippen LogP contribution in [-0.4, -0.2) is 47.3 Å². The minimum atomic E-state index is -0.370. The summed E-state index contributed by atoms with van der Waals surface area (Å²) < 4.78 is 14.5. The first-order valence-electron chi connectivity index (χ1n) is 11.9. The van der Waals surface area contributed by atoms with Crippen molar-refractivity contribution in [2.75, 3.05) is 27.3 Å². The summed E-state index contributed by atoms with van der Waals surface area (Å²) in [5.41, 5.74) is 0.624. The molecule has 1 aliphatic carbocycles. The Morgan fingerprint density at radius 2 is 1.80 bits per heavy atom. The lowest BCUT2D eigenvalue weighted by atomic mass is 10.0. The summed E-state index contributed by atoms with van der Waals surface area (Å²) in [5.74, 6) is 1.43. The number of piperidine rings is 1. The fraction of sp³-hybridized carbons (Fsp3) is 0.423. The first-order valence-corrected chi connectivity index (χ1v) is 12.6. The fourth-order valence-corrected chi connectivity index (χ4v) is 5.32. The standard InChI is InChI=1S/C26H28BrN3O5/c1-34-22-10-5-16(12-23(22)35-2)14-29-25(32)20-13-18(27)8-9-21(20)30(26(29)33)19-4-3-11-28(15-19)24(31)17-6-7-17/h5,8-10,12-13,17,19H,3-4,6-7,11,14-15H2,1-2H3. The van der Waals surface area contributed by atoms with Crippen molar-refractivity contribution in [2.45, 2.75) is 38.3 Å². The lowest BCUT2D eigenvalue weighted by Gasteiger charge is -2.34. The minimum Gasteiger partial charge on any atom is -0.493 e. The number of ether oxygens (including phenoxy) is 2. The predicted octanol–water partition coefficient (Wildman–Crippen LogP) is 3.56. The number of carbonyl (C=O) groups is 1. The highest BCUT2D eigenvalue weighted by atomic mass is 79.9. The van der Waals surface area contributed by atoms with Gasteiger partial charge >= 0.3 is 5.69 Å². The Morgan fingerprint density at radius 1 is 1.03 bits per heavy atom. The SMILES string of the molecule is COc1ccc(Cn2c(=O)c3cc(Br)ccc3n(C3CCCN(C(=O)C4CC4)C3)c2=O)cc1OC. The van der Waals surface area contributed by atoms with Gasteiger partial charge in [0, 0.05) is 23.5 Å². The van der Waals surface area contributed by atoms with E-state index in [0.29, 0.717) is 28.9 Å². The fourth-order valence-electron chi connectivity index (χ4n) is 4.96. The molecular weight excluding hydrogens is 514 g/mol. The Morgan fingerprint density at radius 3 is 2.51 bits per heavy atom. The second-order valence-electron chi connectivity index (χ2n) is 9.25. The number of methoxy groups -OCH3 is 2. The molecule has 5 rings (SSSR count). The highest BCUT2D eigenvalue weighted by Crippen LogP contribution is 2.33. The number of carbonyl (C=O) groups excluding carboxylic acids is 1. The maximum absolute atomic E-state index is 13.8. The first-order chi connectivity index (χ1) is 16.9. The van der Waals surface area contributed by atoms with Crippen molar-refractivity contribution in [1.29, 1.82) is 0 Å². The molecule has 0 bridgehead atoms. The minimum absolute atomic E-state index is 0.0952. The summed E-state index contributed by atoms with van der Waals surface area (Å²) in [4.78, 5) is 42.0. The summed E-state index contributed by atoms with van der Waals surface area (Å²) in [7, 11) is 3.11. The Hall–Kier alpha value is -3.07. The van der Waals surface area contributed by atoms with Gasteiger partial charge in [-0.05, 0) is 61.6 Å². The smallest absolute Gasteiger partial charge is 0.332 e. The molecule has 1 aliphatic heterocycles. The van der Waals surface area contributed by atoms with Crippen LogP contribution in [0.25, 0.3) is 10.9 Å². The maximum atomic E-state index is 13.8. The van der Waals surface area contributed by atoms with Crippen molar-refractivity contribution in [3.05, 3.63) is 67.3 Å². The molecule has 1 amide bonds. The molecule has 2 aromatic carbocycles. The zero-order chi connectivity index (χ0) is 24.7. The lowest BCUT2D eigenvalue weighted by molar-refractivity contribution is -0.134. The molecule has 35 heavy (non-hydrogen) atoms. The summed E-state index contributed by atoms with van der Waals surface area (Å²) >= 11 is 3.46. The van der Waals surface area contributed by atoms with Crippen LogP contribution in [-0.2, 0) is 11.3 Å². The van der Waals surface area contributed by atoms with Gasteiger partial charge in [-0.25, -0.2) is 4.79 Å². The third-order valence-electron chi connectivity index (χ3n) is 6.92. The van der Waals surface area contributed by atoms with E-state index in [9.17, 15) is 14.4 Å². The number of fused-ring (bicyclic) bond motifs is 1. The van der Waals surface area contributed by atoms with Gasteiger partial charge in [-0.15, -0.1) is 0 Å². The van der Waals surface area contributed by atoms with E-state index in [1.54, 1.807) is 37.0 Å². The summed E-state index contributed by atoms with van der Waals surface area (Å²) in [6, 6.07) is 10.6. The normalized spacial score (nSPS) is 18.0. The monoisotopic (exact) mass is 541 g/mol. The van der Waals surface area contributed by atoms with Crippen LogP contribution in [0.1, 0.15) is 37.3 Å². The van der Waals surface area contributed by atoms with Crippen molar-refractivity contribution in [3.8, 4) is 11.5 Å². The van der Waals surface area contributed by atoms with Crippen molar-refractivity contribution in [1.82, 2.24) is 14.0 Å². The molecule has 9 heteroatoms. The predicted molar refractivity (Wildman–Crippen MR) is 136 cm³/mol. The molecule has 0 radical (unpaired) electrons. The molecule has 1 aromatic heterocycles. The Balaban J connectivity index is 1.61. The largest absolute Gasteiger partial charge is 0.493 e. The van der Waals surface area contributed by atoms with Crippen LogP contribution in [0.2, 0.25) is 0 Å². The summed E-state index contributed by atoms with van der Waals surface area (Å²) in [5, 5.41) is 0.463. The van der Waals surface area contributed by atoms with Crippen molar-refractivity contribution >= 4 is 32.7 Å². The molecule has 8 nitrogen and oxygen atoms in total. The molecule has 184 valence electrons. The Labute approximate surface area is 211 Å². The number of amides is 1. The molecule has 1 atom stereocenters. The highest BCUT2D eigenvalue weighted by Gasteiger charge is 2.36. The first kappa shape index (κ1) is 23.7. The van der Waals surface area contributed by atoms with E-state index in [0.717, 1.165) is 42.3 Å². The van der Waals surface area contributed by atoms with Crippen molar-refractivity contribution in [3.63, 3.8) is 0 Å². The average Bonchev–Trinajstić information content (AvgIpc) is 3.72. The average molecular weight is 542 g/mol. The van der Waals surface area contributed by atoms with Crippen LogP contribution in [0.15, 0.2) is 50.5 Å². The van der Waals surface area contributed by atoms with Gasteiger partial charge in [0.1, 0.15) is 0 Å². The van der Waals surface area contributed by atoms with Gasteiger partial charge in [0.05, 0.1) is 37.7 Å². The quantitative estimate of drug-likeness (QED) is 0.476. The van der Waals surface area contributed by atoms with Gasteiger partial charge in [-0.1, -0.05) is 22.0 Å². The van der Waals surface area contributed by atoms with E-state index in [-0.39, 0.29) is 35.7 Å². The third-order valence-corrected chi connectivity index (χ3v) is 7.41. The summed E-state index contributed by atoms with van der Waals surface area (Å²) in [6.45, 7) is 1.29. The van der Waals surface area contributed by atoms with Crippen LogP contribution in [0.3, 0.4) is 0 Å². The molecule has 2 aliphatic rings. The van der Waals surface area contributed by atoms with Gasteiger partial charge in [0.25, 0.3) is 5.56 Å². The van der Waals surface area contributed by atoms with Gasteiger partial charge in [0.15, 0.2) is 11.5 Å². The molecule has 1 unspecified atom stereocenters. The lowest BCUT2D eigenvalue weighted by Crippen LogP contribution is -2.47. The van der Waals surface area contributed by atoms with Crippen LogP contribution in [0, 0.1) is 5.92 Å². The van der Waals surface area contributed by atoms with E-state index in [2.05, 4.69) is 15.9 Å². The zero-order valence-corrected chi connectivity index (χ0v) is 21.4. The van der Waals surface area contributed by atoms with E-state index in [1.807, 2.05) is 23.1 Å². The van der Waals surface area contributed by atoms with Gasteiger partial charge in [-0.2, -0.15) is 0 Å². The number of rotatable bonds is 6. The number of halogens is 1. The molecule has 2 heterocycles. The van der Waals surface area contributed by atoms with Gasteiger partial charge in [-0.3, -0.25) is 18.7 Å². The van der Waals surface area contributed by atoms with Crippen LogP contribution >= 0.6 is 15.9 Å². The number of nitrogens with zero attached hydrogens (tertiary/aromatic N) is 3. The van der Waals surface area contributed by atoms with Crippen molar-refractivity contribution in [2.24, 2.45) is 5.92 Å². The number of hydrogen-bond donors (Lipinski definition) is 0. The number of likely N-dealkylation sites (tertiary alicyclic amines) is 1. The van der Waals surface area contributed by atoms with E-state index in [4.69, 9.17) is 9.47 Å². The number of aromatic nitrogens is 2. The van der Waals surface area contributed by atoms with Crippen LogP contribution in [0.5, 0.6) is 11.5 Å². The molecule has 1 saturated heterocycles. The molecule has 1 saturated carbocycles. The van der Waals surface area contributed by atoms with Gasteiger partial charge < -0.3 is 14.4 Å². The van der Waals surface area contributed by atoms with Crippen LogP contribution < -0.4 is 20.7 Å². The molecule has 2 fully saturated rings. The molecular formula is C26H28BrN3O5. The third kappa shape index (κ3) is 4.49. The highest BCUT2D eigenvalue weighted by molar-refractivity contribution is 9.10. The van der Waals surface area contributed by atoms with Crippen molar-refractivity contribution < 1.29 is 14.3 Å². The van der Waals surface area contributed by atoms with Gasteiger partial charge in [0.2, 0.25) is 5.91 Å². The summed E-state index contributed by atoms with van der Waals surface area (Å²) in [6.07, 6.45) is 3.50. The van der Waals surface area contributed by atoms with E-state index in [1.165, 1.54) is 4.57 Å². The number of hydrogen-bond acceptors (Lipinski definition) is 5.